The minimum Gasteiger partial charge on any atom is -0.478 e. The molecule has 5 nitrogen and oxygen atoms in total. The van der Waals surface area contributed by atoms with E-state index in [1.807, 2.05) is 67.6 Å². The molecule has 128 valence electrons. The molecule has 2 N–H and O–H groups in total. The number of benzene rings is 2. The number of hydrogen-bond donors (Lipinski definition) is 2. The number of carboxylic acids is 1. The van der Waals surface area contributed by atoms with Crippen molar-refractivity contribution in [2.24, 2.45) is 0 Å². The molecule has 1 unspecified atom stereocenters. The summed E-state index contributed by atoms with van der Waals surface area (Å²) in [4.78, 5) is 26.4. The molecule has 0 radical (unpaired) electrons. The van der Waals surface area contributed by atoms with E-state index in [4.69, 9.17) is 0 Å². The highest BCUT2D eigenvalue weighted by Gasteiger charge is 2.42. The van der Waals surface area contributed by atoms with E-state index in [0.29, 0.717) is 18.7 Å². The summed E-state index contributed by atoms with van der Waals surface area (Å²) in [5, 5.41) is 12.7. The Kier molecular flexibility index (Phi) is 4.84. The molecule has 1 amide bonds. The third kappa shape index (κ3) is 3.26. The Bertz CT molecular complexity index is 800. The van der Waals surface area contributed by atoms with Crippen molar-refractivity contribution in [2.75, 3.05) is 4.90 Å². The molecule has 1 aliphatic heterocycles. The highest BCUT2D eigenvalue weighted by Crippen LogP contribution is 2.32. The highest BCUT2D eigenvalue weighted by atomic mass is 16.4. The normalized spacial score (nSPS) is 17.1. The Morgan fingerprint density at radius 3 is 2.24 bits per heavy atom. The number of nitrogens with zero attached hydrogens (tertiary/aromatic N) is 1. The van der Waals surface area contributed by atoms with Gasteiger partial charge in [-0.2, -0.15) is 0 Å². The van der Waals surface area contributed by atoms with Crippen LogP contribution in [0, 0.1) is 0 Å². The highest BCUT2D eigenvalue weighted by molar-refractivity contribution is 6.15. The summed E-state index contributed by atoms with van der Waals surface area (Å²) in [5.74, 6) is -1.36. The van der Waals surface area contributed by atoms with Crippen LogP contribution in [0.1, 0.15) is 18.9 Å². The van der Waals surface area contributed by atoms with E-state index < -0.39 is 12.0 Å². The van der Waals surface area contributed by atoms with Gasteiger partial charge < -0.3 is 10.4 Å². The smallest absolute Gasteiger partial charge is 0.336 e. The lowest BCUT2D eigenvalue weighted by molar-refractivity contribution is -0.133. The Hall–Kier alpha value is -3.08. The molecular formula is C20H20N2O3. The zero-order chi connectivity index (χ0) is 17.8. The maximum absolute atomic E-state index is 13.0. The summed E-state index contributed by atoms with van der Waals surface area (Å²) >= 11 is 0. The molecule has 0 spiro atoms. The van der Waals surface area contributed by atoms with Crippen LogP contribution in [-0.2, 0) is 16.1 Å². The van der Waals surface area contributed by atoms with Crippen molar-refractivity contribution in [1.82, 2.24) is 5.32 Å². The van der Waals surface area contributed by atoms with Gasteiger partial charge in [0.15, 0.2) is 0 Å². The van der Waals surface area contributed by atoms with Crippen LogP contribution < -0.4 is 10.2 Å². The van der Waals surface area contributed by atoms with Gasteiger partial charge in [0.2, 0.25) is 0 Å². The molecule has 2 aromatic rings. The van der Waals surface area contributed by atoms with E-state index >= 15 is 0 Å². The number of rotatable bonds is 6. The van der Waals surface area contributed by atoms with Crippen LogP contribution in [0.2, 0.25) is 0 Å². The lowest BCUT2D eigenvalue weighted by Crippen LogP contribution is -2.37. The molecule has 1 heterocycles. The van der Waals surface area contributed by atoms with Crippen LogP contribution in [0.5, 0.6) is 0 Å². The maximum Gasteiger partial charge on any atom is 0.336 e. The second-order valence-electron chi connectivity index (χ2n) is 5.87. The molecule has 0 aliphatic carbocycles. The fourth-order valence-electron chi connectivity index (χ4n) is 3.15. The molecule has 3 rings (SSSR count). The molecule has 1 aliphatic rings. The van der Waals surface area contributed by atoms with Gasteiger partial charge in [0, 0.05) is 12.2 Å². The van der Waals surface area contributed by atoms with Gasteiger partial charge in [0.05, 0.1) is 11.6 Å². The Balaban J connectivity index is 1.93. The van der Waals surface area contributed by atoms with Gasteiger partial charge in [-0.25, -0.2) is 4.79 Å². The predicted molar refractivity (Wildman–Crippen MR) is 96.0 cm³/mol. The summed E-state index contributed by atoms with van der Waals surface area (Å²) in [5.41, 5.74) is 1.99. The van der Waals surface area contributed by atoms with Crippen LogP contribution in [0.3, 0.4) is 0 Å². The van der Waals surface area contributed by atoms with Crippen LogP contribution >= 0.6 is 0 Å². The Morgan fingerprint density at radius 1 is 1.08 bits per heavy atom. The third-order valence-electron chi connectivity index (χ3n) is 4.31. The van der Waals surface area contributed by atoms with E-state index in [0.717, 1.165) is 5.56 Å². The summed E-state index contributed by atoms with van der Waals surface area (Å²) in [6, 6.07) is 18.3. The second-order valence-corrected chi connectivity index (χ2v) is 5.87. The van der Waals surface area contributed by atoms with E-state index in [-0.39, 0.29) is 17.2 Å². The topological polar surface area (TPSA) is 69.6 Å². The Morgan fingerprint density at radius 2 is 1.68 bits per heavy atom. The predicted octanol–water partition coefficient (Wildman–Crippen LogP) is 2.94. The number of hydrogen-bond acceptors (Lipinski definition) is 3. The lowest BCUT2D eigenvalue weighted by atomic mass is 10.0. The van der Waals surface area contributed by atoms with Gasteiger partial charge in [-0.3, -0.25) is 9.69 Å². The number of carbonyl (C=O) groups is 2. The van der Waals surface area contributed by atoms with E-state index in [9.17, 15) is 14.7 Å². The minimum absolute atomic E-state index is 0.132. The first-order valence-corrected chi connectivity index (χ1v) is 8.27. The van der Waals surface area contributed by atoms with Gasteiger partial charge in [0.1, 0.15) is 5.70 Å². The molecular weight excluding hydrogens is 316 g/mol. The summed E-state index contributed by atoms with van der Waals surface area (Å²) < 4.78 is 0. The standard InChI is InChI=1S/C20H20N2O3/c1-2-16-17(20(24)25)18(21-13-14-9-5-3-6-10-14)19(23)22(16)15-11-7-4-8-12-15/h3-12,16,21H,2,13H2,1H3,(H,24,25). The van der Waals surface area contributed by atoms with Crippen molar-refractivity contribution < 1.29 is 14.7 Å². The number of aliphatic carboxylic acids is 1. The Labute approximate surface area is 146 Å². The molecule has 0 bridgehead atoms. The molecule has 5 heteroatoms. The van der Waals surface area contributed by atoms with Crippen LogP contribution in [0.25, 0.3) is 0 Å². The van der Waals surface area contributed by atoms with Gasteiger partial charge >= 0.3 is 5.97 Å². The minimum atomic E-state index is -1.06. The number of carbonyl (C=O) groups excluding carboxylic acids is 1. The maximum atomic E-state index is 13.0. The molecule has 0 saturated carbocycles. The molecule has 0 fully saturated rings. The number of nitrogens with one attached hydrogen (secondary N) is 1. The van der Waals surface area contributed by atoms with Crippen molar-refractivity contribution in [3.63, 3.8) is 0 Å². The van der Waals surface area contributed by atoms with Crippen molar-refractivity contribution in [3.05, 3.63) is 77.5 Å². The fourth-order valence-corrected chi connectivity index (χ4v) is 3.15. The zero-order valence-electron chi connectivity index (χ0n) is 14.0. The molecule has 2 aromatic carbocycles. The van der Waals surface area contributed by atoms with Gasteiger partial charge in [-0.15, -0.1) is 0 Å². The van der Waals surface area contributed by atoms with Crippen molar-refractivity contribution in [1.29, 1.82) is 0 Å². The monoisotopic (exact) mass is 336 g/mol. The number of anilines is 1. The van der Waals surface area contributed by atoms with E-state index in [1.165, 1.54) is 0 Å². The largest absolute Gasteiger partial charge is 0.478 e. The van der Waals surface area contributed by atoms with Crippen molar-refractivity contribution in [3.8, 4) is 0 Å². The molecule has 25 heavy (non-hydrogen) atoms. The molecule has 0 saturated heterocycles. The van der Waals surface area contributed by atoms with Gasteiger partial charge in [0.25, 0.3) is 5.91 Å². The first-order valence-electron chi connectivity index (χ1n) is 8.27. The molecule has 1 atom stereocenters. The SMILES string of the molecule is CCC1C(C(=O)O)=C(NCc2ccccc2)C(=O)N1c1ccccc1. The van der Waals surface area contributed by atoms with Crippen LogP contribution in [-0.4, -0.2) is 23.0 Å². The average Bonchev–Trinajstić information content (AvgIpc) is 2.93. The number of para-hydroxylation sites is 1. The second kappa shape index (κ2) is 7.21. The lowest BCUT2D eigenvalue weighted by Gasteiger charge is -2.25. The average molecular weight is 336 g/mol. The third-order valence-corrected chi connectivity index (χ3v) is 4.31. The quantitative estimate of drug-likeness (QED) is 0.851. The molecule has 0 aromatic heterocycles. The van der Waals surface area contributed by atoms with Gasteiger partial charge in [-0.05, 0) is 24.1 Å². The van der Waals surface area contributed by atoms with Crippen molar-refractivity contribution >= 4 is 17.6 Å². The zero-order valence-corrected chi connectivity index (χ0v) is 14.0. The number of amides is 1. The summed E-state index contributed by atoms with van der Waals surface area (Å²) in [6.07, 6.45) is 0.527. The fraction of sp³-hybridized carbons (Fsp3) is 0.200. The van der Waals surface area contributed by atoms with Crippen molar-refractivity contribution in [2.45, 2.75) is 25.9 Å². The first kappa shape index (κ1) is 16.8. The summed E-state index contributed by atoms with van der Waals surface area (Å²) in [6.45, 7) is 2.29. The summed E-state index contributed by atoms with van der Waals surface area (Å²) in [7, 11) is 0. The first-order chi connectivity index (χ1) is 12.1. The number of carboxylic acid groups (broad SMARTS) is 1. The van der Waals surface area contributed by atoms with E-state index in [2.05, 4.69) is 5.32 Å². The van der Waals surface area contributed by atoms with Crippen LogP contribution in [0.4, 0.5) is 5.69 Å². The van der Waals surface area contributed by atoms with Crippen LogP contribution in [0.15, 0.2) is 71.9 Å². The van der Waals surface area contributed by atoms with E-state index in [1.54, 1.807) is 4.90 Å². The van der Waals surface area contributed by atoms with Gasteiger partial charge in [-0.1, -0.05) is 55.5 Å².